The largest absolute Gasteiger partial charge is 0.393 e. The number of halogens is 2. The lowest BCUT2D eigenvalue weighted by Crippen LogP contribution is -2.45. The predicted octanol–water partition coefficient (Wildman–Crippen LogP) is 4.56. The number of carbonyl (C=O) groups is 1. The molecule has 1 atom stereocenters. The van der Waals surface area contributed by atoms with Crippen molar-refractivity contribution in [2.75, 3.05) is 0 Å². The summed E-state index contributed by atoms with van der Waals surface area (Å²) in [5, 5.41) is 15.6. The summed E-state index contributed by atoms with van der Waals surface area (Å²) in [4.78, 5) is 20.6. The number of amides is 2. The van der Waals surface area contributed by atoms with Crippen LogP contribution in [0.1, 0.15) is 55.6 Å². The topological polar surface area (TPSA) is 90.0 Å². The zero-order valence-electron chi connectivity index (χ0n) is 17.9. The molecule has 0 unspecified atom stereocenters. The van der Waals surface area contributed by atoms with E-state index >= 15 is 0 Å². The van der Waals surface area contributed by atoms with Crippen LogP contribution >= 0.6 is 0 Å². The fourth-order valence-electron chi connectivity index (χ4n) is 4.13. The zero-order chi connectivity index (χ0) is 22.7. The highest BCUT2D eigenvalue weighted by Crippen LogP contribution is 2.28. The molecule has 4 rings (SSSR count). The summed E-state index contributed by atoms with van der Waals surface area (Å²) in [5.74, 6) is -2.30. The highest BCUT2D eigenvalue weighted by molar-refractivity contribution is 5.76. The lowest BCUT2D eigenvalue weighted by atomic mass is 9.93. The van der Waals surface area contributed by atoms with Gasteiger partial charge in [0.15, 0.2) is 0 Å². The first-order valence-corrected chi connectivity index (χ1v) is 10.9. The summed E-state index contributed by atoms with van der Waals surface area (Å²) in [6.45, 7) is 0.870. The number of hydrogen-bond acceptors (Lipinski definition) is 3. The summed E-state index contributed by atoms with van der Waals surface area (Å²) >= 11 is 0. The fourth-order valence-corrected chi connectivity index (χ4v) is 4.13. The maximum atomic E-state index is 13.6. The molecule has 0 aliphatic heterocycles. The molecule has 32 heavy (non-hydrogen) atoms. The molecule has 3 aromatic rings. The number of nitrogens with zero attached hydrogens (tertiary/aromatic N) is 1. The highest BCUT2D eigenvalue weighted by atomic mass is 19.3. The number of aromatic amines is 1. The zero-order valence-corrected chi connectivity index (χ0v) is 17.9. The average Bonchev–Trinajstić information content (AvgIpc) is 3.19. The minimum Gasteiger partial charge on any atom is -0.393 e. The van der Waals surface area contributed by atoms with Crippen molar-refractivity contribution in [1.29, 1.82) is 0 Å². The number of fused-ring (bicyclic) bond motifs is 1. The van der Waals surface area contributed by atoms with Gasteiger partial charge in [-0.3, -0.25) is 0 Å². The Morgan fingerprint density at radius 1 is 1.16 bits per heavy atom. The molecule has 0 bridgehead atoms. The van der Waals surface area contributed by atoms with Crippen molar-refractivity contribution in [3.63, 3.8) is 0 Å². The predicted molar refractivity (Wildman–Crippen MR) is 118 cm³/mol. The molecular weight excluding hydrogens is 414 g/mol. The number of hydrogen-bond donors (Lipinski definition) is 4. The van der Waals surface area contributed by atoms with Crippen molar-refractivity contribution in [3.8, 4) is 0 Å². The van der Waals surface area contributed by atoms with Crippen LogP contribution in [0.2, 0.25) is 0 Å². The summed E-state index contributed by atoms with van der Waals surface area (Å²) in [7, 11) is 0. The van der Waals surface area contributed by atoms with Crippen molar-refractivity contribution in [2.45, 2.75) is 63.1 Å². The van der Waals surface area contributed by atoms with Gasteiger partial charge >= 0.3 is 6.03 Å². The van der Waals surface area contributed by atoms with Gasteiger partial charge in [-0.15, -0.1) is 0 Å². The normalized spacial score (nSPS) is 20.1. The van der Waals surface area contributed by atoms with Crippen molar-refractivity contribution in [1.82, 2.24) is 20.6 Å². The fraction of sp³-hybridized carbons (Fsp3) is 0.417. The lowest BCUT2D eigenvalue weighted by Gasteiger charge is -2.27. The van der Waals surface area contributed by atoms with E-state index in [2.05, 4.69) is 20.6 Å². The Bertz CT molecular complexity index is 1020. The van der Waals surface area contributed by atoms with Crippen molar-refractivity contribution in [3.05, 3.63) is 65.5 Å². The SMILES string of the molecule is CC(F)(F)c1ccc(C[C@@H](NC(=O)NC2CCC(O)CC2)c2nc3ccccc3[nH]2)cc1. The number of carbonyl (C=O) groups excluding carboxylic acids is 1. The molecule has 0 saturated heterocycles. The van der Waals surface area contributed by atoms with E-state index < -0.39 is 12.0 Å². The van der Waals surface area contributed by atoms with Gasteiger partial charge < -0.3 is 20.7 Å². The summed E-state index contributed by atoms with van der Waals surface area (Å²) < 4.78 is 27.1. The standard InChI is InChI=1S/C24H28F2N4O2/c1-24(25,26)16-8-6-15(7-9-16)14-21(22-28-19-4-2-3-5-20(19)29-22)30-23(32)27-17-10-12-18(31)13-11-17/h2-9,17-18,21,31H,10-14H2,1H3,(H,28,29)(H2,27,30,32)/t17?,18?,21-/m1/s1. The van der Waals surface area contributed by atoms with E-state index in [9.17, 15) is 18.7 Å². The molecule has 0 radical (unpaired) electrons. The number of benzene rings is 2. The van der Waals surface area contributed by atoms with Crippen LogP contribution in [0.15, 0.2) is 48.5 Å². The number of para-hydroxylation sites is 2. The van der Waals surface area contributed by atoms with Crippen LogP contribution in [0.4, 0.5) is 13.6 Å². The Hall–Kier alpha value is -3.00. The second-order valence-electron chi connectivity index (χ2n) is 8.60. The molecule has 1 aliphatic carbocycles. The van der Waals surface area contributed by atoms with Gasteiger partial charge in [0, 0.05) is 18.5 Å². The first-order valence-electron chi connectivity index (χ1n) is 10.9. The first kappa shape index (κ1) is 22.2. The number of aliphatic hydroxyl groups is 1. The monoisotopic (exact) mass is 442 g/mol. The number of H-pyrrole nitrogens is 1. The number of alkyl halides is 2. The quantitative estimate of drug-likeness (QED) is 0.451. The molecule has 0 spiro atoms. The van der Waals surface area contributed by atoms with Crippen molar-refractivity contribution in [2.24, 2.45) is 0 Å². The van der Waals surface area contributed by atoms with Crippen molar-refractivity contribution < 1.29 is 18.7 Å². The van der Waals surface area contributed by atoms with Crippen LogP contribution in [0.5, 0.6) is 0 Å². The maximum Gasteiger partial charge on any atom is 0.315 e. The second kappa shape index (κ2) is 9.24. The van der Waals surface area contributed by atoms with Gasteiger partial charge in [0.2, 0.25) is 0 Å². The van der Waals surface area contributed by atoms with E-state index in [4.69, 9.17) is 0 Å². The Labute approximate surface area is 185 Å². The van der Waals surface area contributed by atoms with Crippen LogP contribution in [0.25, 0.3) is 11.0 Å². The molecule has 6 nitrogen and oxygen atoms in total. The molecule has 170 valence electrons. The Morgan fingerprint density at radius 3 is 2.50 bits per heavy atom. The number of imidazole rings is 1. The molecule has 1 saturated carbocycles. The number of nitrogens with one attached hydrogen (secondary N) is 3. The van der Waals surface area contributed by atoms with Crippen molar-refractivity contribution >= 4 is 17.1 Å². The molecule has 8 heteroatoms. The Kier molecular flexibility index (Phi) is 6.41. The Morgan fingerprint density at radius 2 is 1.84 bits per heavy atom. The van der Waals surface area contributed by atoms with Crippen LogP contribution in [-0.4, -0.2) is 33.3 Å². The van der Waals surface area contributed by atoms with E-state index in [-0.39, 0.29) is 23.7 Å². The summed E-state index contributed by atoms with van der Waals surface area (Å²) in [5.41, 5.74) is 2.41. The molecule has 2 aromatic carbocycles. The minimum absolute atomic E-state index is 0.0146. The average molecular weight is 443 g/mol. The molecular formula is C24H28F2N4O2. The van der Waals surface area contributed by atoms with Gasteiger partial charge in [0.25, 0.3) is 5.92 Å². The van der Waals surface area contributed by atoms with Gasteiger partial charge in [-0.2, -0.15) is 0 Å². The number of aliphatic hydroxyl groups excluding tert-OH is 1. The van der Waals surface area contributed by atoms with E-state index in [0.717, 1.165) is 36.4 Å². The number of aromatic nitrogens is 2. The van der Waals surface area contributed by atoms with Gasteiger partial charge in [-0.25, -0.2) is 18.6 Å². The molecule has 1 heterocycles. The smallest absolute Gasteiger partial charge is 0.315 e. The van der Waals surface area contributed by atoms with Gasteiger partial charge in [-0.05, 0) is 49.8 Å². The third-order valence-corrected chi connectivity index (χ3v) is 5.98. The van der Waals surface area contributed by atoms with Crippen LogP contribution < -0.4 is 10.6 Å². The van der Waals surface area contributed by atoms with Gasteiger partial charge in [0.1, 0.15) is 5.82 Å². The van der Waals surface area contributed by atoms with Crippen LogP contribution in [0.3, 0.4) is 0 Å². The molecule has 4 N–H and O–H groups in total. The minimum atomic E-state index is -2.90. The summed E-state index contributed by atoms with van der Waals surface area (Å²) in [6.07, 6.45) is 2.91. The van der Waals surface area contributed by atoms with Crippen LogP contribution in [0, 0.1) is 0 Å². The first-order chi connectivity index (χ1) is 15.3. The third kappa shape index (κ3) is 5.43. The van der Waals surface area contributed by atoms with E-state index in [0.29, 0.717) is 25.1 Å². The lowest BCUT2D eigenvalue weighted by molar-refractivity contribution is 0.0174. The van der Waals surface area contributed by atoms with E-state index in [1.165, 1.54) is 12.1 Å². The molecule has 2 amide bonds. The highest BCUT2D eigenvalue weighted by Gasteiger charge is 2.26. The Balaban J connectivity index is 1.52. The molecule has 1 aromatic heterocycles. The maximum absolute atomic E-state index is 13.6. The molecule has 1 fully saturated rings. The third-order valence-electron chi connectivity index (χ3n) is 5.98. The summed E-state index contributed by atoms with van der Waals surface area (Å²) in [6, 6.07) is 13.0. The molecule has 1 aliphatic rings. The van der Waals surface area contributed by atoms with E-state index in [1.54, 1.807) is 12.1 Å². The second-order valence-corrected chi connectivity index (χ2v) is 8.60. The van der Waals surface area contributed by atoms with Crippen LogP contribution in [-0.2, 0) is 12.3 Å². The van der Waals surface area contributed by atoms with Gasteiger partial charge in [-0.1, -0.05) is 36.4 Å². The number of rotatable bonds is 6. The van der Waals surface area contributed by atoms with E-state index in [1.807, 2.05) is 24.3 Å². The van der Waals surface area contributed by atoms with Gasteiger partial charge in [0.05, 0.1) is 23.2 Å². The number of urea groups is 1.